The van der Waals surface area contributed by atoms with Crippen LogP contribution >= 0.6 is 0 Å². The Labute approximate surface area is 137 Å². The van der Waals surface area contributed by atoms with Crippen LogP contribution in [0, 0.1) is 40.4 Å². The molecule has 4 fully saturated rings. The Morgan fingerprint density at radius 1 is 0.955 bits per heavy atom. The molecule has 1 heteroatoms. The third kappa shape index (κ3) is 1.93. The molecule has 1 unspecified atom stereocenters. The Hall–Kier alpha value is -0.0400. The number of hydrogen-bond donors (Lipinski definition) is 1. The second-order valence-corrected chi connectivity index (χ2v) is 9.78. The summed E-state index contributed by atoms with van der Waals surface area (Å²) < 4.78 is 0. The van der Waals surface area contributed by atoms with Gasteiger partial charge in [-0.25, -0.2) is 0 Å². The summed E-state index contributed by atoms with van der Waals surface area (Å²) in [7, 11) is 0. The molecule has 0 amide bonds. The molecule has 4 saturated carbocycles. The normalized spacial score (nSPS) is 57.8. The van der Waals surface area contributed by atoms with Gasteiger partial charge in [-0.1, -0.05) is 40.0 Å². The molecule has 126 valence electrons. The highest BCUT2D eigenvalue weighted by molar-refractivity contribution is 5.11. The summed E-state index contributed by atoms with van der Waals surface area (Å²) >= 11 is 0. The van der Waals surface area contributed by atoms with Gasteiger partial charge >= 0.3 is 0 Å². The smallest absolute Gasteiger partial charge is 0.0581 e. The van der Waals surface area contributed by atoms with Gasteiger partial charge < -0.3 is 5.11 Å². The van der Waals surface area contributed by atoms with Crippen molar-refractivity contribution in [1.82, 2.24) is 0 Å². The average molecular weight is 305 g/mol. The molecule has 1 nitrogen and oxygen atoms in total. The fourth-order valence-electron chi connectivity index (χ4n) is 8.19. The summed E-state index contributed by atoms with van der Waals surface area (Å²) in [6, 6.07) is 0. The van der Waals surface area contributed by atoms with Gasteiger partial charge in [0.25, 0.3) is 0 Å². The van der Waals surface area contributed by atoms with Crippen LogP contribution in [-0.2, 0) is 0 Å². The summed E-state index contributed by atoms with van der Waals surface area (Å²) in [5, 5.41) is 11.2. The third-order valence-electron chi connectivity index (χ3n) is 9.20. The number of aliphatic hydroxyl groups excluding tert-OH is 1. The van der Waals surface area contributed by atoms with Crippen molar-refractivity contribution in [2.45, 2.75) is 91.1 Å². The van der Waals surface area contributed by atoms with E-state index >= 15 is 0 Å². The van der Waals surface area contributed by atoms with Crippen molar-refractivity contribution >= 4 is 0 Å². The maximum Gasteiger partial charge on any atom is 0.0581 e. The van der Waals surface area contributed by atoms with Crippen molar-refractivity contribution in [3.63, 3.8) is 0 Å². The van der Waals surface area contributed by atoms with Crippen molar-refractivity contribution in [3.05, 3.63) is 0 Å². The number of fused-ring (bicyclic) bond motifs is 5. The van der Waals surface area contributed by atoms with E-state index in [4.69, 9.17) is 0 Å². The molecule has 0 spiro atoms. The van der Waals surface area contributed by atoms with Crippen LogP contribution in [0.2, 0.25) is 0 Å². The molecular formula is C21H36O. The second kappa shape index (κ2) is 5.23. The van der Waals surface area contributed by atoms with E-state index in [1.54, 1.807) is 0 Å². The van der Waals surface area contributed by atoms with Gasteiger partial charge in [0.1, 0.15) is 0 Å². The Kier molecular flexibility index (Phi) is 3.68. The van der Waals surface area contributed by atoms with Gasteiger partial charge in [0.15, 0.2) is 0 Å². The molecular weight excluding hydrogens is 268 g/mol. The molecule has 0 aromatic carbocycles. The van der Waals surface area contributed by atoms with Crippen LogP contribution in [-0.4, -0.2) is 11.2 Å². The summed E-state index contributed by atoms with van der Waals surface area (Å²) in [4.78, 5) is 0. The minimum Gasteiger partial charge on any atom is -0.393 e. The Morgan fingerprint density at radius 3 is 2.55 bits per heavy atom. The maximum atomic E-state index is 11.2. The minimum atomic E-state index is -0.0238. The van der Waals surface area contributed by atoms with Crippen molar-refractivity contribution in [3.8, 4) is 0 Å². The lowest BCUT2D eigenvalue weighted by atomic mass is 9.44. The van der Waals surface area contributed by atoms with Gasteiger partial charge in [-0.3, -0.25) is 0 Å². The zero-order chi connectivity index (χ0) is 15.5. The van der Waals surface area contributed by atoms with Crippen molar-refractivity contribution < 1.29 is 5.11 Å². The summed E-state index contributed by atoms with van der Waals surface area (Å²) in [5.41, 5.74) is 0.888. The highest BCUT2D eigenvalue weighted by Crippen LogP contribution is 2.67. The molecule has 0 heterocycles. The van der Waals surface area contributed by atoms with Crippen LogP contribution in [0.4, 0.5) is 0 Å². The first-order valence-corrected chi connectivity index (χ1v) is 10.2. The predicted molar refractivity (Wildman–Crippen MR) is 91.5 cm³/mol. The Balaban J connectivity index is 1.68. The van der Waals surface area contributed by atoms with Crippen LogP contribution < -0.4 is 0 Å². The zero-order valence-corrected chi connectivity index (χ0v) is 15.0. The van der Waals surface area contributed by atoms with Gasteiger partial charge in [0, 0.05) is 0 Å². The van der Waals surface area contributed by atoms with Gasteiger partial charge in [-0.2, -0.15) is 0 Å². The van der Waals surface area contributed by atoms with E-state index < -0.39 is 0 Å². The van der Waals surface area contributed by atoms with E-state index in [1.165, 1.54) is 57.8 Å². The molecule has 22 heavy (non-hydrogen) atoms. The van der Waals surface area contributed by atoms with E-state index in [0.717, 1.165) is 30.1 Å². The van der Waals surface area contributed by atoms with E-state index in [9.17, 15) is 5.11 Å². The largest absolute Gasteiger partial charge is 0.393 e. The lowest BCUT2D eigenvalue weighted by Crippen LogP contribution is -2.58. The number of rotatable bonds is 1. The van der Waals surface area contributed by atoms with Crippen LogP contribution in [0.5, 0.6) is 0 Å². The van der Waals surface area contributed by atoms with Crippen LogP contribution in [0.3, 0.4) is 0 Å². The molecule has 4 aliphatic rings. The first-order valence-electron chi connectivity index (χ1n) is 10.2. The molecule has 0 radical (unpaired) electrons. The standard InChI is InChI=1S/C21H36O/c1-4-14-9-11-17-16-10-8-15-7-5-6-12-20(15,2)19(16)18(22)13-21(14,17)3/h14-19,22H,4-13H2,1-3H3/t14-,15?,16-,17-,18+,19+,20-,21+/m0/s1. The van der Waals surface area contributed by atoms with Gasteiger partial charge in [0.05, 0.1) is 6.10 Å². The van der Waals surface area contributed by atoms with Crippen LogP contribution in [0.1, 0.15) is 85.0 Å². The molecule has 0 aromatic rings. The quantitative estimate of drug-likeness (QED) is 0.686. The molecule has 0 aromatic heterocycles. The average Bonchev–Trinajstić information content (AvgIpc) is 2.82. The monoisotopic (exact) mass is 304 g/mol. The second-order valence-electron chi connectivity index (χ2n) is 9.78. The van der Waals surface area contributed by atoms with Gasteiger partial charge in [-0.05, 0) is 85.4 Å². The summed E-state index contributed by atoms with van der Waals surface area (Å²) in [6.45, 7) is 7.47. The molecule has 0 aliphatic heterocycles. The molecule has 8 atom stereocenters. The summed E-state index contributed by atoms with van der Waals surface area (Å²) in [5.74, 6) is 4.12. The zero-order valence-electron chi connectivity index (χ0n) is 15.0. The molecule has 0 bridgehead atoms. The minimum absolute atomic E-state index is 0.0238. The first-order chi connectivity index (χ1) is 10.5. The fraction of sp³-hybridized carbons (Fsp3) is 1.00. The van der Waals surface area contributed by atoms with Crippen LogP contribution in [0.25, 0.3) is 0 Å². The highest BCUT2D eigenvalue weighted by atomic mass is 16.3. The van der Waals surface area contributed by atoms with E-state index in [-0.39, 0.29) is 6.10 Å². The fourth-order valence-corrected chi connectivity index (χ4v) is 8.19. The maximum absolute atomic E-state index is 11.2. The molecule has 4 aliphatic carbocycles. The van der Waals surface area contributed by atoms with E-state index in [0.29, 0.717) is 16.7 Å². The third-order valence-corrected chi connectivity index (χ3v) is 9.20. The number of hydrogen-bond acceptors (Lipinski definition) is 1. The van der Waals surface area contributed by atoms with Gasteiger partial charge in [0.2, 0.25) is 0 Å². The van der Waals surface area contributed by atoms with Crippen LogP contribution in [0.15, 0.2) is 0 Å². The predicted octanol–water partition coefficient (Wildman–Crippen LogP) is 5.42. The van der Waals surface area contributed by atoms with Gasteiger partial charge in [-0.15, -0.1) is 0 Å². The number of aliphatic hydroxyl groups is 1. The van der Waals surface area contributed by atoms with Crippen molar-refractivity contribution in [2.75, 3.05) is 0 Å². The Bertz CT molecular complexity index is 432. The molecule has 0 saturated heterocycles. The lowest BCUT2D eigenvalue weighted by Gasteiger charge is -2.62. The van der Waals surface area contributed by atoms with E-state index in [1.807, 2.05) is 0 Å². The Morgan fingerprint density at radius 2 is 1.77 bits per heavy atom. The highest BCUT2D eigenvalue weighted by Gasteiger charge is 2.62. The summed E-state index contributed by atoms with van der Waals surface area (Å²) in [6.07, 6.45) is 13.8. The SMILES string of the molecule is CC[C@H]1CC[C@H]2[C@@H]3CCC4CCCC[C@]4(C)[C@H]3[C@H](O)C[C@]12C. The topological polar surface area (TPSA) is 20.2 Å². The van der Waals surface area contributed by atoms with E-state index in [2.05, 4.69) is 20.8 Å². The van der Waals surface area contributed by atoms with Crippen molar-refractivity contribution in [2.24, 2.45) is 40.4 Å². The first kappa shape index (κ1) is 15.5. The lowest BCUT2D eigenvalue weighted by molar-refractivity contribution is -0.168. The molecule has 1 N–H and O–H groups in total. The van der Waals surface area contributed by atoms with Crippen molar-refractivity contribution in [1.29, 1.82) is 0 Å². The molecule has 4 rings (SSSR count).